The van der Waals surface area contributed by atoms with Crippen LogP contribution < -0.4 is 11.1 Å². The topological polar surface area (TPSA) is 64.3 Å². The summed E-state index contributed by atoms with van der Waals surface area (Å²) < 4.78 is 5.57. The Labute approximate surface area is 99.4 Å². The first-order valence-electron chi connectivity index (χ1n) is 5.77. The molecule has 0 saturated carbocycles. The SMILES string of the molecule is NC1NC(=O)C2=C(O1)C(c1ccccc1)CC2. The van der Waals surface area contributed by atoms with Gasteiger partial charge < -0.3 is 10.1 Å². The molecular formula is C13H14N2O2. The summed E-state index contributed by atoms with van der Waals surface area (Å²) in [6, 6.07) is 10.1. The molecule has 1 aromatic rings. The third kappa shape index (κ3) is 1.70. The zero-order chi connectivity index (χ0) is 11.8. The van der Waals surface area contributed by atoms with E-state index in [-0.39, 0.29) is 11.8 Å². The third-order valence-corrected chi connectivity index (χ3v) is 3.30. The Bertz CT molecular complexity index is 481. The van der Waals surface area contributed by atoms with Crippen LogP contribution in [0.1, 0.15) is 24.3 Å². The highest BCUT2D eigenvalue weighted by molar-refractivity contribution is 5.95. The van der Waals surface area contributed by atoms with Crippen molar-refractivity contribution in [1.82, 2.24) is 5.32 Å². The molecule has 0 spiro atoms. The van der Waals surface area contributed by atoms with Crippen molar-refractivity contribution in [2.24, 2.45) is 5.73 Å². The molecule has 0 bridgehead atoms. The number of ether oxygens (including phenoxy) is 1. The van der Waals surface area contributed by atoms with Crippen molar-refractivity contribution < 1.29 is 9.53 Å². The summed E-state index contributed by atoms with van der Waals surface area (Å²) in [7, 11) is 0. The van der Waals surface area contributed by atoms with Gasteiger partial charge in [0.05, 0.1) is 5.57 Å². The van der Waals surface area contributed by atoms with Crippen molar-refractivity contribution in [3.63, 3.8) is 0 Å². The van der Waals surface area contributed by atoms with E-state index in [0.29, 0.717) is 0 Å². The molecule has 2 unspecified atom stereocenters. The van der Waals surface area contributed by atoms with Crippen LogP contribution in [0.3, 0.4) is 0 Å². The average molecular weight is 230 g/mol. The molecule has 1 aliphatic heterocycles. The summed E-state index contributed by atoms with van der Waals surface area (Å²) in [5, 5.41) is 2.58. The van der Waals surface area contributed by atoms with E-state index in [1.807, 2.05) is 18.2 Å². The van der Waals surface area contributed by atoms with Crippen LogP contribution in [0.25, 0.3) is 0 Å². The number of allylic oxidation sites excluding steroid dienone is 1. The molecule has 1 amide bonds. The van der Waals surface area contributed by atoms with E-state index in [1.54, 1.807) is 0 Å². The molecule has 0 aromatic heterocycles. The second-order valence-electron chi connectivity index (χ2n) is 4.36. The molecule has 0 saturated heterocycles. The fraction of sp³-hybridized carbons (Fsp3) is 0.308. The summed E-state index contributed by atoms with van der Waals surface area (Å²) in [5.74, 6) is 0.841. The van der Waals surface area contributed by atoms with Crippen molar-refractivity contribution in [2.45, 2.75) is 25.1 Å². The second-order valence-corrected chi connectivity index (χ2v) is 4.36. The summed E-state index contributed by atoms with van der Waals surface area (Å²) in [6.07, 6.45) is 0.952. The van der Waals surface area contributed by atoms with Crippen molar-refractivity contribution in [3.05, 3.63) is 47.2 Å². The van der Waals surface area contributed by atoms with Gasteiger partial charge in [-0.1, -0.05) is 30.3 Å². The van der Waals surface area contributed by atoms with Gasteiger partial charge in [0.2, 0.25) is 6.35 Å². The fourth-order valence-electron chi connectivity index (χ4n) is 2.52. The molecule has 3 rings (SSSR count). The molecule has 17 heavy (non-hydrogen) atoms. The first-order chi connectivity index (χ1) is 8.25. The van der Waals surface area contributed by atoms with Crippen molar-refractivity contribution in [2.75, 3.05) is 0 Å². The lowest BCUT2D eigenvalue weighted by Gasteiger charge is -2.26. The number of hydrogen-bond donors (Lipinski definition) is 2. The van der Waals surface area contributed by atoms with Crippen LogP contribution >= 0.6 is 0 Å². The average Bonchev–Trinajstić information content (AvgIpc) is 2.74. The molecule has 4 nitrogen and oxygen atoms in total. The van der Waals surface area contributed by atoms with E-state index in [9.17, 15) is 4.79 Å². The highest BCUT2D eigenvalue weighted by Crippen LogP contribution is 2.41. The van der Waals surface area contributed by atoms with Crippen molar-refractivity contribution >= 4 is 5.91 Å². The lowest BCUT2D eigenvalue weighted by Crippen LogP contribution is -2.47. The smallest absolute Gasteiger partial charge is 0.254 e. The van der Waals surface area contributed by atoms with Gasteiger partial charge >= 0.3 is 0 Å². The van der Waals surface area contributed by atoms with Crippen LogP contribution in [0.2, 0.25) is 0 Å². The van der Waals surface area contributed by atoms with Crippen LogP contribution in [0.4, 0.5) is 0 Å². The normalized spacial score (nSPS) is 27.5. The Balaban J connectivity index is 1.97. The number of benzene rings is 1. The molecule has 0 fully saturated rings. The minimum absolute atomic E-state index is 0.0859. The van der Waals surface area contributed by atoms with Gasteiger partial charge in [0, 0.05) is 5.92 Å². The molecule has 2 atom stereocenters. The Kier molecular flexibility index (Phi) is 2.37. The highest BCUT2D eigenvalue weighted by atomic mass is 16.5. The molecule has 1 heterocycles. The van der Waals surface area contributed by atoms with Crippen molar-refractivity contribution in [3.8, 4) is 0 Å². The van der Waals surface area contributed by atoms with Gasteiger partial charge in [-0.2, -0.15) is 0 Å². The van der Waals surface area contributed by atoms with Gasteiger partial charge in [-0.3, -0.25) is 10.5 Å². The standard InChI is InChI=1S/C13H14N2O2/c14-13-15-12(16)10-7-6-9(11(10)17-13)8-4-2-1-3-5-8/h1-5,9,13H,6-7,14H2,(H,15,16). The van der Waals surface area contributed by atoms with Crippen LogP contribution in [0.15, 0.2) is 41.7 Å². The van der Waals surface area contributed by atoms with E-state index in [2.05, 4.69) is 17.4 Å². The van der Waals surface area contributed by atoms with Crippen LogP contribution in [-0.2, 0) is 9.53 Å². The maximum Gasteiger partial charge on any atom is 0.254 e. The Morgan fingerprint density at radius 1 is 1.29 bits per heavy atom. The van der Waals surface area contributed by atoms with Crippen LogP contribution in [0, 0.1) is 0 Å². The van der Waals surface area contributed by atoms with E-state index in [4.69, 9.17) is 10.5 Å². The number of carbonyl (C=O) groups excluding carboxylic acids is 1. The number of rotatable bonds is 1. The van der Waals surface area contributed by atoms with Crippen LogP contribution in [0.5, 0.6) is 0 Å². The summed E-state index contributed by atoms with van der Waals surface area (Å²) in [6.45, 7) is 0. The number of nitrogens with one attached hydrogen (secondary N) is 1. The lowest BCUT2D eigenvalue weighted by atomic mass is 9.97. The van der Waals surface area contributed by atoms with Gasteiger partial charge in [0.25, 0.3) is 5.91 Å². The number of hydrogen-bond acceptors (Lipinski definition) is 3. The fourth-order valence-corrected chi connectivity index (χ4v) is 2.52. The van der Waals surface area contributed by atoms with Gasteiger partial charge in [-0.05, 0) is 18.4 Å². The van der Waals surface area contributed by atoms with Gasteiger partial charge in [-0.25, -0.2) is 0 Å². The highest BCUT2D eigenvalue weighted by Gasteiger charge is 2.36. The van der Waals surface area contributed by atoms with Gasteiger partial charge in [-0.15, -0.1) is 0 Å². The maximum atomic E-state index is 11.7. The molecule has 2 aliphatic rings. The first-order valence-corrected chi connectivity index (χ1v) is 5.77. The molecule has 0 radical (unpaired) electrons. The van der Waals surface area contributed by atoms with Gasteiger partial charge in [0.1, 0.15) is 5.76 Å². The Hall–Kier alpha value is -1.81. The number of nitrogens with two attached hydrogens (primary N) is 1. The van der Waals surface area contributed by atoms with E-state index >= 15 is 0 Å². The summed E-state index contributed by atoms with van der Waals surface area (Å²) in [4.78, 5) is 11.7. The van der Waals surface area contributed by atoms with E-state index in [1.165, 1.54) is 5.56 Å². The largest absolute Gasteiger partial charge is 0.461 e. The van der Waals surface area contributed by atoms with E-state index < -0.39 is 6.35 Å². The zero-order valence-electron chi connectivity index (χ0n) is 9.35. The molecule has 88 valence electrons. The monoisotopic (exact) mass is 230 g/mol. The van der Waals surface area contributed by atoms with Crippen molar-refractivity contribution in [1.29, 1.82) is 0 Å². The lowest BCUT2D eigenvalue weighted by molar-refractivity contribution is -0.123. The number of carbonyl (C=O) groups is 1. The number of amides is 1. The molecule has 1 aromatic carbocycles. The first kappa shape index (κ1) is 10.4. The Morgan fingerprint density at radius 3 is 2.82 bits per heavy atom. The molecular weight excluding hydrogens is 216 g/mol. The minimum atomic E-state index is -0.717. The summed E-state index contributed by atoms with van der Waals surface area (Å²) >= 11 is 0. The van der Waals surface area contributed by atoms with E-state index in [0.717, 1.165) is 24.2 Å². The third-order valence-electron chi connectivity index (χ3n) is 3.30. The predicted molar refractivity (Wildman–Crippen MR) is 62.6 cm³/mol. The second kappa shape index (κ2) is 3.89. The minimum Gasteiger partial charge on any atom is -0.461 e. The molecule has 1 aliphatic carbocycles. The predicted octanol–water partition coefficient (Wildman–Crippen LogP) is 1.21. The zero-order valence-corrected chi connectivity index (χ0v) is 9.35. The van der Waals surface area contributed by atoms with Gasteiger partial charge in [0.15, 0.2) is 0 Å². The summed E-state index contributed by atoms with van der Waals surface area (Å²) in [5.41, 5.74) is 7.56. The van der Waals surface area contributed by atoms with Crippen LogP contribution in [-0.4, -0.2) is 12.3 Å². The molecule has 4 heteroatoms. The Morgan fingerprint density at radius 2 is 2.06 bits per heavy atom. The maximum absolute atomic E-state index is 11.7. The molecule has 3 N–H and O–H groups in total. The quantitative estimate of drug-likeness (QED) is 0.762.